The van der Waals surface area contributed by atoms with Gasteiger partial charge in [0.1, 0.15) is 6.29 Å². The molecule has 1 nitrogen and oxygen atoms in total. The van der Waals surface area contributed by atoms with Gasteiger partial charge in [-0.1, -0.05) is 19.1 Å². The Labute approximate surface area is 67.8 Å². The van der Waals surface area contributed by atoms with Gasteiger partial charge >= 0.3 is 0 Å². The fraction of sp³-hybridized carbons (Fsp3) is 0.500. The Morgan fingerprint density at radius 1 is 1.73 bits per heavy atom. The molecule has 0 spiro atoms. The second-order valence-corrected chi connectivity index (χ2v) is 3.27. The molecule has 0 heterocycles. The van der Waals surface area contributed by atoms with Gasteiger partial charge in [0.15, 0.2) is 0 Å². The number of rotatable bonds is 2. The number of hydrogen-bond donors (Lipinski definition) is 0. The number of carbonyl (C=O) groups is 1. The van der Waals surface area contributed by atoms with Gasteiger partial charge < -0.3 is 0 Å². The van der Waals surface area contributed by atoms with Gasteiger partial charge in [-0.15, -0.1) is 0 Å². The second kappa shape index (κ2) is 3.04. The molecule has 0 amide bonds. The lowest BCUT2D eigenvalue weighted by molar-refractivity contribution is -0.105. The van der Waals surface area contributed by atoms with E-state index < -0.39 is 0 Å². The molecular weight excluding hydrogens is 136 g/mol. The van der Waals surface area contributed by atoms with Gasteiger partial charge in [0.25, 0.3) is 0 Å². The first-order valence-electron chi connectivity index (χ1n) is 4.01. The molecule has 11 heavy (non-hydrogen) atoms. The van der Waals surface area contributed by atoms with Crippen molar-refractivity contribution in [2.45, 2.75) is 26.7 Å². The molecule has 0 saturated heterocycles. The molecule has 1 rings (SSSR count). The van der Waals surface area contributed by atoms with E-state index in [9.17, 15) is 4.79 Å². The van der Waals surface area contributed by atoms with Crippen LogP contribution >= 0.6 is 0 Å². The van der Waals surface area contributed by atoms with Crippen LogP contribution in [0.25, 0.3) is 0 Å². The molecule has 1 heteroatoms. The van der Waals surface area contributed by atoms with Gasteiger partial charge in [-0.25, -0.2) is 0 Å². The molecule has 1 aliphatic rings. The molecule has 1 aliphatic carbocycles. The van der Waals surface area contributed by atoms with E-state index >= 15 is 0 Å². The third-order valence-corrected chi connectivity index (χ3v) is 2.35. The van der Waals surface area contributed by atoms with E-state index in [0.717, 1.165) is 30.3 Å². The molecule has 60 valence electrons. The minimum atomic E-state index is 0.444. The Bertz CT molecular complexity index is 223. The van der Waals surface area contributed by atoms with E-state index in [1.54, 1.807) is 0 Å². The molecule has 0 bridgehead atoms. The van der Waals surface area contributed by atoms with Crippen LogP contribution in [0.4, 0.5) is 0 Å². The summed E-state index contributed by atoms with van der Waals surface area (Å²) in [5.41, 5.74) is 3.21. The van der Waals surface area contributed by atoms with Gasteiger partial charge in [-0.3, -0.25) is 4.79 Å². The zero-order valence-electron chi connectivity index (χ0n) is 7.18. The number of aldehydes is 1. The minimum Gasteiger partial charge on any atom is -0.298 e. The van der Waals surface area contributed by atoms with E-state index in [1.165, 1.54) is 5.57 Å². The highest BCUT2D eigenvalue weighted by Gasteiger charge is 2.20. The molecule has 0 aromatic carbocycles. The molecular formula is C10H14O. The molecule has 0 radical (unpaired) electrons. The lowest BCUT2D eigenvalue weighted by Crippen LogP contribution is -1.94. The summed E-state index contributed by atoms with van der Waals surface area (Å²) in [5, 5.41) is 0. The lowest BCUT2D eigenvalue weighted by atomic mass is 10.0. The van der Waals surface area contributed by atoms with E-state index in [1.807, 2.05) is 6.92 Å². The van der Waals surface area contributed by atoms with Crippen molar-refractivity contribution >= 4 is 6.29 Å². The first kappa shape index (κ1) is 8.25. The standard InChI is InChI=1S/C10H14O/c1-7(2)9-5-4-8(3)10(9)6-11/h6,8H,1,4-5H2,2-3H3. The van der Waals surface area contributed by atoms with Crippen molar-refractivity contribution in [1.29, 1.82) is 0 Å². The topological polar surface area (TPSA) is 17.1 Å². The summed E-state index contributed by atoms with van der Waals surface area (Å²) in [6, 6.07) is 0. The smallest absolute Gasteiger partial charge is 0.146 e. The van der Waals surface area contributed by atoms with Crippen LogP contribution in [-0.4, -0.2) is 6.29 Å². The highest BCUT2D eigenvalue weighted by atomic mass is 16.1. The summed E-state index contributed by atoms with van der Waals surface area (Å²) in [7, 11) is 0. The van der Waals surface area contributed by atoms with Gasteiger partial charge in [0.2, 0.25) is 0 Å². The monoisotopic (exact) mass is 150 g/mol. The summed E-state index contributed by atoms with van der Waals surface area (Å²) in [6.07, 6.45) is 3.13. The quantitative estimate of drug-likeness (QED) is 0.553. The fourth-order valence-corrected chi connectivity index (χ4v) is 1.61. The van der Waals surface area contributed by atoms with Crippen molar-refractivity contribution in [1.82, 2.24) is 0 Å². The maximum absolute atomic E-state index is 10.6. The first-order valence-corrected chi connectivity index (χ1v) is 4.01. The van der Waals surface area contributed by atoms with Crippen LogP contribution in [0, 0.1) is 5.92 Å². The van der Waals surface area contributed by atoms with Crippen LogP contribution in [0.2, 0.25) is 0 Å². The predicted octanol–water partition coefficient (Wildman–Crippen LogP) is 2.49. The molecule has 0 aromatic heterocycles. The lowest BCUT2D eigenvalue weighted by Gasteiger charge is -2.02. The number of allylic oxidation sites excluding steroid dienone is 3. The summed E-state index contributed by atoms with van der Waals surface area (Å²) >= 11 is 0. The highest BCUT2D eigenvalue weighted by Crippen LogP contribution is 2.33. The molecule has 0 fully saturated rings. The predicted molar refractivity (Wildman–Crippen MR) is 46.3 cm³/mol. The molecule has 0 aliphatic heterocycles. The average Bonchev–Trinajstić information content (AvgIpc) is 2.30. The number of hydrogen-bond acceptors (Lipinski definition) is 1. The summed E-state index contributed by atoms with van der Waals surface area (Å²) in [4.78, 5) is 10.6. The van der Waals surface area contributed by atoms with E-state index in [0.29, 0.717) is 5.92 Å². The Morgan fingerprint density at radius 2 is 2.36 bits per heavy atom. The van der Waals surface area contributed by atoms with Crippen molar-refractivity contribution < 1.29 is 4.79 Å². The zero-order valence-corrected chi connectivity index (χ0v) is 7.18. The normalized spacial score (nSPS) is 24.0. The van der Waals surface area contributed by atoms with Crippen LogP contribution in [-0.2, 0) is 4.79 Å². The van der Waals surface area contributed by atoms with Crippen LogP contribution in [0.1, 0.15) is 26.7 Å². The van der Waals surface area contributed by atoms with Gasteiger partial charge in [-0.2, -0.15) is 0 Å². The van der Waals surface area contributed by atoms with Crippen LogP contribution in [0.5, 0.6) is 0 Å². The highest BCUT2D eigenvalue weighted by molar-refractivity contribution is 5.78. The molecule has 1 atom stereocenters. The summed E-state index contributed by atoms with van der Waals surface area (Å²) in [6.45, 7) is 7.92. The van der Waals surface area contributed by atoms with E-state index in [2.05, 4.69) is 13.5 Å². The molecule has 0 saturated carbocycles. The largest absolute Gasteiger partial charge is 0.298 e. The maximum Gasteiger partial charge on any atom is 0.146 e. The van der Waals surface area contributed by atoms with Crippen molar-refractivity contribution in [3.63, 3.8) is 0 Å². The third kappa shape index (κ3) is 1.42. The number of carbonyl (C=O) groups excluding carboxylic acids is 1. The van der Waals surface area contributed by atoms with Crippen LogP contribution < -0.4 is 0 Å². The van der Waals surface area contributed by atoms with Crippen molar-refractivity contribution in [2.24, 2.45) is 5.92 Å². The molecule has 0 aromatic rings. The average molecular weight is 150 g/mol. The SMILES string of the molecule is C=C(C)C1=C(C=O)C(C)CC1. The van der Waals surface area contributed by atoms with Crippen molar-refractivity contribution in [2.75, 3.05) is 0 Å². The van der Waals surface area contributed by atoms with Gasteiger partial charge in [0.05, 0.1) is 0 Å². The van der Waals surface area contributed by atoms with Crippen LogP contribution in [0.3, 0.4) is 0 Å². The van der Waals surface area contributed by atoms with Gasteiger partial charge in [-0.05, 0) is 36.8 Å². The fourth-order valence-electron chi connectivity index (χ4n) is 1.61. The van der Waals surface area contributed by atoms with E-state index in [4.69, 9.17) is 0 Å². The van der Waals surface area contributed by atoms with Crippen molar-refractivity contribution in [3.05, 3.63) is 23.3 Å². The van der Waals surface area contributed by atoms with Crippen LogP contribution in [0.15, 0.2) is 23.3 Å². The van der Waals surface area contributed by atoms with E-state index in [-0.39, 0.29) is 0 Å². The Morgan fingerprint density at radius 3 is 2.73 bits per heavy atom. The molecule has 1 unspecified atom stereocenters. The van der Waals surface area contributed by atoms with Gasteiger partial charge in [0, 0.05) is 0 Å². The first-order chi connectivity index (χ1) is 5.16. The maximum atomic E-state index is 10.6. The summed E-state index contributed by atoms with van der Waals surface area (Å²) < 4.78 is 0. The Balaban J connectivity index is 2.97. The summed E-state index contributed by atoms with van der Waals surface area (Å²) in [5.74, 6) is 0.444. The van der Waals surface area contributed by atoms with Crippen molar-refractivity contribution in [3.8, 4) is 0 Å². The second-order valence-electron chi connectivity index (χ2n) is 3.27. The molecule has 0 N–H and O–H groups in total. The Hall–Kier alpha value is -0.850. The zero-order chi connectivity index (χ0) is 8.43. The minimum absolute atomic E-state index is 0.444. The Kier molecular flexibility index (Phi) is 2.28. The third-order valence-electron chi connectivity index (χ3n) is 2.35.